The molecule has 77 heavy (non-hydrogen) atoms. The zero-order chi connectivity index (χ0) is 56.0. The number of hydrogen-bond donors (Lipinski definition) is 2. The zero-order valence-electron chi connectivity index (χ0n) is 48.9. The van der Waals surface area contributed by atoms with Crippen LogP contribution in [-0.4, -0.2) is 313 Å². The topological polar surface area (TPSA) is 225 Å². The molecule has 0 rings (SSSR count). The second-order valence-corrected chi connectivity index (χ2v) is 16.9. The average molecular weight is 1150 g/mol. The molecule has 0 amide bonds. The molecule has 0 saturated heterocycles. The molecule has 1 unspecified atom stereocenters. The Balaban J connectivity index is -0.00000244. The van der Waals surface area contributed by atoms with E-state index in [4.69, 9.17) is 99.8 Å². The molecule has 0 aromatic carbocycles. The summed E-state index contributed by atoms with van der Waals surface area (Å²) in [5.74, 6) is 0. The Labute approximate surface area is 471 Å². The summed E-state index contributed by atoms with van der Waals surface area (Å²) in [4.78, 5) is 0. The molecule has 2 N–H and O–H groups in total. The third-order valence-corrected chi connectivity index (χ3v) is 9.44. The van der Waals surface area contributed by atoms with Gasteiger partial charge < -0.3 is 122 Å². The van der Waals surface area contributed by atoms with Gasteiger partial charge in [-0.15, -0.1) is 0 Å². The van der Waals surface area contributed by atoms with Gasteiger partial charge in [-0.3, -0.25) is 0 Å². The average Bonchev–Trinajstić information content (AvgIpc) is 3.41. The van der Waals surface area contributed by atoms with Crippen molar-refractivity contribution in [2.24, 2.45) is 0 Å². The fraction of sp³-hybridized carbons (Fsp3) is 0.962. The fourth-order valence-electron chi connectivity index (χ4n) is 4.76. The highest BCUT2D eigenvalue weighted by atomic mass is 35.5. The second-order valence-electron chi connectivity index (χ2n) is 16.9. The summed E-state index contributed by atoms with van der Waals surface area (Å²) in [6, 6.07) is 0. The first kappa shape index (κ1) is 82.4. The molecule has 0 radical (unpaired) electrons. The first-order chi connectivity index (χ1) is 37.3. The first-order valence-electron chi connectivity index (χ1n) is 27.6. The van der Waals surface area contributed by atoms with E-state index in [2.05, 4.69) is 41.6 Å². The highest BCUT2D eigenvalue weighted by Gasteiger charge is 2.02. The highest BCUT2D eigenvalue weighted by Crippen LogP contribution is 1.93. The summed E-state index contributed by atoms with van der Waals surface area (Å²) in [5, 5.41) is 16.7. The smallest absolute Gasteiger partial charge is 0.0771 e. The van der Waals surface area contributed by atoms with E-state index in [1.165, 1.54) is 6.54 Å². The normalized spacial score (nSPS) is 11.7. The Morgan fingerprint density at radius 2 is 0.442 bits per heavy atom. The van der Waals surface area contributed by atoms with Crippen LogP contribution in [0.15, 0.2) is 12.8 Å². The summed E-state index contributed by atoms with van der Waals surface area (Å²) in [7, 11) is 6.54. The van der Waals surface area contributed by atoms with E-state index in [-0.39, 0.29) is 12.4 Å². The van der Waals surface area contributed by atoms with Crippen molar-refractivity contribution in [3.8, 4) is 0 Å². The number of nitrogens with zero attached hydrogens (tertiary/aromatic N) is 1. The predicted octanol–water partition coefficient (Wildman–Crippen LogP) is 0.294. The molecule has 0 aliphatic heterocycles. The van der Waals surface area contributed by atoms with Gasteiger partial charge in [0.25, 0.3) is 0 Å². The van der Waals surface area contributed by atoms with Crippen molar-refractivity contribution in [1.82, 2.24) is 0 Å². The molecule has 1 atom stereocenters. The van der Waals surface area contributed by atoms with E-state index >= 15 is 0 Å². The molecule has 24 heteroatoms. The van der Waals surface area contributed by atoms with Gasteiger partial charge in [0, 0.05) is 6.61 Å². The fourth-order valence-corrected chi connectivity index (χ4v) is 4.76. The van der Waals surface area contributed by atoms with Crippen LogP contribution in [0.4, 0.5) is 0 Å². The minimum atomic E-state index is -0.409. The highest BCUT2D eigenvalue weighted by molar-refractivity contribution is 4.48. The van der Waals surface area contributed by atoms with Crippen LogP contribution >= 0.6 is 0 Å². The van der Waals surface area contributed by atoms with E-state index < -0.39 is 6.10 Å². The lowest BCUT2D eigenvalue weighted by Crippen LogP contribution is -3.00. The number of aliphatic hydroxyl groups is 2. The maximum absolute atomic E-state index is 9.39. The number of aliphatic hydroxyl groups excluding tert-OH is 2. The molecular weight excluding hydrogens is 1040 g/mol. The van der Waals surface area contributed by atoms with Crippen molar-refractivity contribution >= 4 is 0 Å². The van der Waals surface area contributed by atoms with Crippen molar-refractivity contribution < 1.29 is 122 Å². The minimum absolute atomic E-state index is 0. The van der Waals surface area contributed by atoms with Gasteiger partial charge in [-0.05, 0) is 19.8 Å². The molecule has 0 spiro atoms. The second kappa shape index (κ2) is 77.0. The van der Waals surface area contributed by atoms with Gasteiger partial charge in [0.1, 0.15) is 0 Å². The number of quaternary nitrogens is 1. The van der Waals surface area contributed by atoms with E-state index in [1.807, 2.05) is 6.92 Å². The number of ether oxygens (including phenoxy) is 20. The monoisotopic (exact) mass is 1150 g/mol. The Bertz CT molecular complexity index is 1020. The third kappa shape index (κ3) is 89.0. The Kier molecular flexibility index (Phi) is 82.4. The summed E-state index contributed by atoms with van der Waals surface area (Å²) < 4.78 is 111. The van der Waals surface area contributed by atoms with E-state index in [1.54, 1.807) is 0 Å². The molecular formula is C53H112ClNO22. The molecule has 0 aliphatic carbocycles. The summed E-state index contributed by atoms with van der Waals surface area (Å²) in [5.41, 5.74) is 0. The van der Waals surface area contributed by atoms with Crippen LogP contribution in [0.2, 0.25) is 0 Å². The molecule has 0 heterocycles. The van der Waals surface area contributed by atoms with Crippen LogP contribution in [0.3, 0.4) is 0 Å². The van der Waals surface area contributed by atoms with Gasteiger partial charge in [-0.2, -0.15) is 0 Å². The standard InChI is InChI=1S/C46H94O21.C5H14N.C2H4O.ClH/c1-3-5-6-48-7-8-49-9-10-50-11-12-51-13-14-52-15-16-53-17-18-54-19-20-55-21-22-56-23-24-57-25-26-58-27-28-59-29-30-60-31-32-61-33-34-62-35-36-63-37-38-64-39-40-65-41-42-66-43-44-67-45-46(47)4-2;1-5-6(2,3)4;1-2-3;/h46-47H,3-45H2,1-2H3;5H2,1-4H3;2-3H,1H2;1H/q;+1;;/p-1. The lowest BCUT2D eigenvalue weighted by Gasteiger charge is -2.20. The summed E-state index contributed by atoms with van der Waals surface area (Å²) >= 11 is 0. The van der Waals surface area contributed by atoms with Gasteiger partial charge in [0.15, 0.2) is 0 Å². The van der Waals surface area contributed by atoms with Gasteiger partial charge in [-0.1, -0.05) is 26.8 Å². The molecule has 0 bridgehead atoms. The number of hydrogen-bond acceptors (Lipinski definition) is 22. The Morgan fingerprint density at radius 1 is 0.312 bits per heavy atom. The van der Waals surface area contributed by atoms with Crippen LogP contribution in [0.1, 0.15) is 40.0 Å². The lowest BCUT2D eigenvalue weighted by atomic mass is 10.3. The van der Waals surface area contributed by atoms with Crippen LogP contribution < -0.4 is 12.4 Å². The largest absolute Gasteiger partial charge is 1.00 e. The van der Waals surface area contributed by atoms with Crippen LogP contribution in [0.25, 0.3) is 0 Å². The molecule has 0 saturated carbocycles. The van der Waals surface area contributed by atoms with Gasteiger partial charge in [0.05, 0.1) is 298 Å². The number of unbranched alkanes of at least 4 members (excludes halogenated alkanes) is 1. The van der Waals surface area contributed by atoms with E-state index in [0.717, 1.165) is 30.2 Å². The molecule has 0 aromatic rings. The van der Waals surface area contributed by atoms with Gasteiger partial charge in [0.2, 0.25) is 0 Å². The van der Waals surface area contributed by atoms with Crippen LogP contribution in [0, 0.1) is 0 Å². The summed E-state index contributed by atoms with van der Waals surface area (Å²) in [6.45, 7) is 30.7. The molecule has 468 valence electrons. The first-order valence-corrected chi connectivity index (χ1v) is 27.6. The van der Waals surface area contributed by atoms with Crippen molar-refractivity contribution in [2.75, 3.05) is 292 Å². The quantitative estimate of drug-likeness (QED) is 0.0475. The SMILES string of the molecule is C=CO.CCCCOCCOCCOCCOCCOCCOCCOCCOCCOCCOCCOCCOCCOCCOCCOCCOCCOCCOCCOCCOCC(O)CC.CC[N+](C)(C)C.[Cl-]. The number of halogens is 1. The van der Waals surface area contributed by atoms with Crippen LogP contribution in [-0.2, 0) is 94.7 Å². The van der Waals surface area contributed by atoms with E-state index in [0.29, 0.717) is 264 Å². The van der Waals surface area contributed by atoms with Crippen molar-refractivity contribution in [2.45, 2.75) is 46.1 Å². The van der Waals surface area contributed by atoms with Gasteiger partial charge >= 0.3 is 0 Å². The molecule has 0 aliphatic rings. The predicted molar refractivity (Wildman–Crippen MR) is 289 cm³/mol. The van der Waals surface area contributed by atoms with Crippen molar-refractivity contribution in [1.29, 1.82) is 0 Å². The van der Waals surface area contributed by atoms with Crippen molar-refractivity contribution in [3.63, 3.8) is 0 Å². The summed E-state index contributed by atoms with van der Waals surface area (Å²) in [6.07, 6.45) is 3.25. The Morgan fingerprint density at radius 3 is 0.558 bits per heavy atom. The molecule has 23 nitrogen and oxygen atoms in total. The maximum atomic E-state index is 9.39. The van der Waals surface area contributed by atoms with Crippen molar-refractivity contribution in [3.05, 3.63) is 12.8 Å². The van der Waals surface area contributed by atoms with Gasteiger partial charge in [-0.25, -0.2) is 0 Å². The minimum Gasteiger partial charge on any atom is -1.00 e. The third-order valence-electron chi connectivity index (χ3n) is 9.44. The number of rotatable bonds is 64. The van der Waals surface area contributed by atoms with Crippen LogP contribution in [0.5, 0.6) is 0 Å². The lowest BCUT2D eigenvalue weighted by molar-refractivity contribution is -0.868. The molecule has 0 fully saturated rings. The zero-order valence-corrected chi connectivity index (χ0v) is 49.6. The molecule has 0 aromatic heterocycles. The maximum Gasteiger partial charge on any atom is 0.0771 e. The van der Waals surface area contributed by atoms with E-state index in [9.17, 15) is 5.11 Å². The Hall–Kier alpha value is -1.05.